The maximum atomic E-state index is 13.9. The van der Waals surface area contributed by atoms with Crippen LogP contribution >= 0.6 is 0 Å². The highest BCUT2D eigenvalue weighted by atomic mass is 16.5. The zero-order valence-electron chi connectivity index (χ0n) is 24.3. The van der Waals surface area contributed by atoms with Gasteiger partial charge in [-0.2, -0.15) is 0 Å². The number of methoxy groups -OCH3 is 1. The Morgan fingerprint density at radius 1 is 1.07 bits per heavy atom. The third-order valence-electron chi connectivity index (χ3n) is 7.78. The fraction of sp³-hybridized carbons (Fsp3) is 0.312. The topological polar surface area (TPSA) is 124 Å². The molecule has 0 aliphatic carbocycles. The summed E-state index contributed by atoms with van der Waals surface area (Å²) in [6.07, 6.45) is 2.01. The van der Waals surface area contributed by atoms with Gasteiger partial charge in [-0.05, 0) is 61.4 Å². The average molecular weight is 584 g/mol. The van der Waals surface area contributed by atoms with Crippen molar-refractivity contribution in [3.8, 4) is 17.2 Å². The van der Waals surface area contributed by atoms with Crippen molar-refractivity contribution in [1.29, 1.82) is 0 Å². The van der Waals surface area contributed by atoms with Crippen LogP contribution in [0.5, 0.6) is 17.2 Å². The summed E-state index contributed by atoms with van der Waals surface area (Å²) in [5.74, 6) is 0.455. The number of aryl methyl sites for hydroxylation is 2. The Kier molecular flexibility index (Phi) is 7.62. The van der Waals surface area contributed by atoms with Crippen LogP contribution in [0.4, 0.5) is 0 Å². The van der Waals surface area contributed by atoms with E-state index in [-0.39, 0.29) is 36.6 Å². The first-order valence-corrected chi connectivity index (χ1v) is 14.2. The van der Waals surface area contributed by atoms with Crippen LogP contribution in [-0.4, -0.2) is 71.0 Å². The molecule has 2 atom stereocenters. The minimum atomic E-state index is -0.517. The van der Waals surface area contributed by atoms with Gasteiger partial charge in [0.05, 0.1) is 18.8 Å². The van der Waals surface area contributed by atoms with Gasteiger partial charge in [0.25, 0.3) is 17.7 Å². The SMILES string of the molecule is COc1ccc2cc1OCC(=O)NCc1ccc(cc1)O[C@@H]1CCN(C(=O)c3c(C)nc4ccc(C)cn34)C[C@@H]1NC2=O. The minimum Gasteiger partial charge on any atom is -0.493 e. The number of hydrogen-bond donors (Lipinski definition) is 2. The Bertz CT molecular complexity index is 1700. The molecule has 222 valence electrons. The van der Waals surface area contributed by atoms with E-state index in [1.807, 2.05) is 60.8 Å². The van der Waals surface area contributed by atoms with Crippen molar-refractivity contribution in [1.82, 2.24) is 24.9 Å². The Morgan fingerprint density at radius 3 is 2.67 bits per heavy atom. The van der Waals surface area contributed by atoms with Crippen molar-refractivity contribution in [2.45, 2.75) is 39.0 Å². The Labute approximate surface area is 248 Å². The molecule has 0 spiro atoms. The standard InChI is InChI=1S/C32H33N5O6/c1-19-4-11-28-34-20(2)30(37(28)16-19)32(40)36-13-12-25-24(17-36)35-31(39)22-7-10-26(41-3)27(14-22)42-18-29(38)33-15-21-5-8-23(43-25)9-6-21/h4-11,14,16,24-25H,12-13,15,17-18H2,1-3H3,(H,33,38)(H,35,39)/t24-,25+/m0/s1. The quantitative estimate of drug-likeness (QED) is 0.372. The molecule has 11 heteroatoms. The first kappa shape index (κ1) is 28.1. The van der Waals surface area contributed by atoms with Crippen LogP contribution in [0.1, 0.15) is 44.1 Å². The zero-order chi connectivity index (χ0) is 30.1. The van der Waals surface area contributed by atoms with Crippen LogP contribution in [0.25, 0.3) is 5.65 Å². The summed E-state index contributed by atoms with van der Waals surface area (Å²) in [7, 11) is 1.49. The smallest absolute Gasteiger partial charge is 0.272 e. The predicted molar refractivity (Wildman–Crippen MR) is 158 cm³/mol. The molecule has 4 aromatic rings. The number of likely N-dealkylation sites (tertiary alicyclic amines) is 1. The van der Waals surface area contributed by atoms with Crippen LogP contribution in [0.3, 0.4) is 0 Å². The highest BCUT2D eigenvalue weighted by Crippen LogP contribution is 2.29. The van der Waals surface area contributed by atoms with E-state index in [4.69, 9.17) is 14.2 Å². The summed E-state index contributed by atoms with van der Waals surface area (Å²) in [6, 6.07) is 15.6. The molecular weight excluding hydrogens is 550 g/mol. The molecule has 2 aromatic carbocycles. The van der Waals surface area contributed by atoms with Crippen molar-refractivity contribution in [2.24, 2.45) is 0 Å². The van der Waals surface area contributed by atoms with Gasteiger partial charge in [0.1, 0.15) is 23.2 Å². The van der Waals surface area contributed by atoms with E-state index in [1.54, 1.807) is 23.1 Å². The number of nitrogens with one attached hydrogen (secondary N) is 2. The van der Waals surface area contributed by atoms with Crippen molar-refractivity contribution < 1.29 is 28.6 Å². The zero-order valence-corrected chi connectivity index (χ0v) is 24.3. The predicted octanol–water partition coefficient (Wildman–Crippen LogP) is 3.06. The van der Waals surface area contributed by atoms with Crippen LogP contribution in [0.2, 0.25) is 0 Å². The Morgan fingerprint density at radius 2 is 1.88 bits per heavy atom. The summed E-state index contributed by atoms with van der Waals surface area (Å²) in [5, 5.41) is 5.92. The van der Waals surface area contributed by atoms with E-state index >= 15 is 0 Å². The lowest BCUT2D eigenvalue weighted by Crippen LogP contribution is -2.58. The minimum absolute atomic E-state index is 0.159. The van der Waals surface area contributed by atoms with Crippen molar-refractivity contribution in [3.63, 3.8) is 0 Å². The van der Waals surface area contributed by atoms with Crippen LogP contribution in [0, 0.1) is 13.8 Å². The van der Waals surface area contributed by atoms with Crippen LogP contribution in [-0.2, 0) is 11.3 Å². The number of amides is 3. The average Bonchev–Trinajstić information content (AvgIpc) is 3.34. The highest BCUT2D eigenvalue weighted by Gasteiger charge is 2.36. The summed E-state index contributed by atoms with van der Waals surface area (Å²) in [5.41, 5.74) is 4.08. The number of benzene rings is 2. The lowest BCUT2D eigenvalue weighted by Gasteiger charge is -2.39. The molecule has 0 saturated carbocycles. The molecule has 2 aromatic heterocycles. The number of nitrogens with zero attached hydrogens (tertiary/aromatic N) is 3. The number of hydrogen-bond acceptors (Lipinski definition) is 7. The van der Waals surface area contributed by atoms with E-state index in [0.29, 0.717) is 53.6 Å². The fourth-order valence-electron chi connectivity index (χ4n) is 5.51. The second-order valence-electron chi connectivity index (χ2n) is 10.8. The van der Waals surface area contributed by atoms with Crippen molar-refractivity contribution in [2.75, 3.05) is 26.8 Å². The summed E-state index contributed by atoms with van der Waals surface area (Å²) >= 11 is 0. The van der Waals surface area contributed by atoms with E-state index in [9.17, 15) is 14.4 Å². The van der Waals surface area contributed by atoms with Gasteiger partial charge in [-0.3, -0.25) is 18.8 Å². The molecule has 43 heavy (non-hydrogen) atoms. The fourth-order valence-corrected chi connectivity index (χ4v) is 5.51. The second-order valence-corrected chi connectivity index (χ2v) is 10.8. The number of ether oxygens (including phenoxy) is 3. The van der Waals surface area contributed by atoms with Gasteiger partial charge >= 0.3 is 0 Å². The van der Waals surface area contributed by atoms with Crippen LogP contribution < -0.4 is 24.8 Å². The van der Waals surface area contributed by atoms with Gasteiger partial charge in [0.2, 0.25) is 0 Å². The Hall–Kier alpha value is -5.06. The van der Waals surface area contributed by atoms with E-state index in [1.165, 1.54) is 7.11 Å². The van der Waals surface area contributed by atoms with Gasteiger partial charge in [0, 0.05) is 37.8 Å². The largest absolute Gasteiger partial charge is 0.493 e. The Balaban J connectivity index is 1.32. The van der Waals surface area contributed by atoms with Crippen LogP contribution in [0.15, 0.2) is 60.8 Å². The lowest BCUT2D eigenvalue weighted by molar-refractivity contribution is -0.123. The number of aromatic nitrogens is 2. The number of carbonyl (C=O) groups is 3. The number of rotatable bonds is 2. The molecule has 5 heterocycles. The molecule has 1 saturated heterocycles. The molecule has 4 bridgehead atoms. The van der Waals surface area contributed by atoms with E-state index in [2.05, 4.69) is 15.6 Å². The number of piperidine rings is 1. The molecule has 3 aliphatic heterocycles. The first-order valence-electron chi connectivity index (χ1n) is 14.2. The molecule has 0 radical (unpaired) electrons. The molecule has 7 rings (SSSR count). The first-order chi connectivity index (χ1) is 20.8. The molecule has 2 N–H and O–H groups in total. The molecule has 3 amide bonds. The molecule has 1 fully saturated rings. The van der Waals surface area contributed by atoms with E-state index < -0.39 is 12.1 Å². The van der Waals surface area contributed by atoms with E-state index in [0.717, 1.165) is 11.1 Å². The number of fused-ring (bicyclic) bond motifs is 8. The normalized spacial score (nSPS) is 19.0. The van der Waals surface area contributed by atoms with Gasteiger partial charge < -0.3 is 29.7 Å². The number of imidazole rings is 1. The van der Waals surface area contributed by atoms with Gasteiger partial charge in [-0.25, -0.2) is 4.98 Å². The molecule has 11 nitrogen and oxygen atoms in total. The third-order valence-corrected chi connectivity index (χ3v) is 7.78. The molecular formula is C32H33N5O6. The maximum Gasteiger partial charge on any atom is 0.272 e. The molecule has 3 aliphatic rings. The van der Waals surface area contributed by atoms with Gasteiger partial charge in [0.15, 0.2) is 18.1 Å². The second kappa shape index (κ2) is 11.7. The van der Waals surface area contributed by atoms with Gasteiger partial charge in [-0.1, -0.05) is 18.2 Å². The van der Waals surface area contributed by atoms with Crippen molar-refractivity contribution >= 4 is 23.4 Å². The summed E-state index contributed by atoms with van der Waals surface area (Å²) in [6.45, 7) is 4.57. The maximum absolute atomic E-state index is 13.9. The highest BCUT2D eigenvalue weighted by molar-refractivity contribution is 5.96. The summed E-state index contributed by atoms with van der Waals surface area (Å²) < 4.78 is 19.3. The van der Waals surface area contributed by atoms with Gasteiger partial charge in [-0.15, -0.1) is 0 Å². The van der Waals surface area contributed by atoms with Crippen molar-refractivity contribution in [3.05, 3.63) is 88.9 Å². The monoisotopic (exact) mass is 583 g/mol. The molecule has 0 unspecified atom stereocenters. The third kappa shape index (κ3) is 5.83. The number of carbonyl (C=O) groups excluding carboxylic acids is 3. The number of pyridine rings is 1. The lowest BCUT2D eigenvalue weighted by atomic mass is 10.00. The summed E-state index contributed by atoms with van der Waals surface area (Å²) in [4.78, 5) is 46.2.